The third-order valence-corrected chi connectivity index (χ3v) is 6.16. The van der Waals surface area contributed by atoms with Gasteiger partial charge in [0.15, 0.2) is 0 Å². The lowest BCUT2D eigenvalue weighted by Gasteiger charge is -2.24. The highest BCUT2D eigenvalue weighted by Gasteiger charge is 2.41. The molecule has 0 saturated heterocycles. The van der Waals surface area contributed by atoms with Crippen molar-refractivity contribution in [3.8, 4) is 22.3 Å². The summed E-state index contributed by atoms with van der Waals surface area (Å²) in [6.07, 6.45) is 0. The second-order valence-corrected chi connectivity index (χ2v) is 8.14. The molecule has 0 fully saturated rings. The molecule has 0 N–H and O–H groups in total. The van der Waals surface area contributed by atoms with Crippen LogP contribution in [-0.4, -0.2) is 0 Å². The van der Waals surface area contributed by atoms with Crippen molar-refractivity contribution in [1.29, 1.82) is 0 Å². The lowest BCUT2D eigenvalue weighted by Crippen LogP contribution is -2.16. The molecule has 2 aliphatic carbocycles. The molecule has 3 aromatic rings. The highest BCUT2D eigenvalue weighted by atomic mass is 14.4. The van der Waals surface area contributed by atoms with Gasteiger partial charge >= 0.3 is 0 Å². The zero-order valence-electron chi connectivity index (χ0n) is 14.6. The van der Waals surface area contributed by atoms with E-state index in [0.717, 1.165) is 0 Å². The average Bonchev–Trinajstić information content (AvgIpc) is 2.95. The monoisotopic (exact) mass is 308 g/mol. The smallest absolute Gasteiger partial charge is 0.0159 e. The Morgan fingerprint density at radius 2 is 1.00 bits per heavy atom. The van der Waals surface area contributed by atoms with Gasteiger partial charge in [0, 0.05) is 10.8 Å². The van der Waals surface area contributed by atoms with Crippen LogP contribution >= 0.6 is 0 Å². The Kier molecular flexibility index (Phi) is 2.45. The van der Waals surface area contributed by atoms with Crippen LogP contribution < -0.4 is 0 Å². The minimum absolute atomic E-state index is 0.0330. The number of hydrogen-bond donors (Lipinski definition) is 0. The molecule has 0 bridgehead atoms. The second-order valence-electron chi connectivity index (χ2n) is 8.14. The SMILES string of the molecule is CC1(C)c2c[c]ccc2-c2cc3c(cc21)-c1cc[c]cc1C3(C)C. The maximum Gasteiger partial charge on any atom is 0.0159 e. The first-order valence-corrected chi connectivity index (χ1v) is 8.63. The highest BCUT2D eigenvalue weighted by Crippen LogP contribution is 2.55. The van der Waals surface area contributed by atoms with Crippen LogP contribution in [0.4, 0.5) is 0 Å². The number of benzene rings is 3. The summed E-state index contributed by atoms with van der Waals surface area (Å²) < 4.78 is 0. The molecule has 0 aliphatic heterocycles. The van der Waals surface area contributed by atoms with Crippen molar-refractivity contribution in [2.75, 3.05) is 0 Å². The van der Waals surface area contributed by atoms with Gasteiger partial charge < -0.3 is 0 Å². The Morgan fingerprint density at radius 3 is 1.42 bits per heavy atom. The highest BCUT2D eigenvalue weighted by molar-refractivity contribution is 5.89. The predicted molar refractivity (Wildman–Crippen MR) is 99.2 cm³/mol. The molecule has 2 aliphatic rings. The minimum Gasteiger partial charge on any atom is -0.0537 e. The molecule has 2 radical (unpaired) electrons. The fourth-order valence-electron chi connectivity index (χ4n) is 4.73. The first-order valence-electron chi connectivity index (χ1n) is 8.63. The molecule has 0 nitrogen and oxygen atoms in total. The van der Waals surface area contributed by atoms with Crippen molar-refractivity contribution in [2.24, 2.45) is 0 Å². The maximum atomic E-state index is 3.27. The summed E-state index contributed by atoms with van der Waals surface area (Å²) >= 11 is 0. The molecule has 0 spiro atoms. The first-order chi connectivity index (χ1) is 11.4. The second kappa shape index (κ2) is 4.19. The quantitative estimate of drug-likeness (QED) is 0.485. The standard InChI is InChI=1S/C24H20/c1-23(2)19-11-7-5-9-15(19)17-14-22-18(13-21(17)23)16-10-6-8-12-20(16)24(22,3)4/h5-6,9-14H,1-4H3. The van der Waals surface area contributed by atoms with Gasteiger partial charge in [0.05, 0.1) is 0 Å². The van der Waals surface area contributed by atoms with Gasteiger partial charge in [-0.1, -0.05) is 52.0 Å². The summed E-state index contributed by atoms with van der Waals surface area (Å²) in [7, 11) is 0. The van der Waals surface area contributed by atoms with E-state index in [1.54, 1.807) is 0 Å². The first kappa shape index (κ1) is 14.0. The van der Waals surface area contributed by atoms with Gasteiger partial charge in [0.1, 0.15) is 0 Å². The summed E-state index contributed by atoms with van der Waals surface area (Å²) in [5.41, 5.74) is 11.3. The van der Waals surface area contributed by atoms with E-state index in [4.69, 9.17) is 0 Å². The molecule has 0 saturated carbocycles. The molecule has 0 heteroatoms. The van der Waals surface area contributed by atoms with Crippen molar-refractivity contribution in [1.82, 2.24) is 0 Å². The van der Waals surface area contributed by atoms with E-state index in [0.29, 0.717) is 0 Å². The van der Waals surface area contributed by atoms with Crippen molar-refractivity contribution in [3.05, 3.63) is 82.9 Å². The summed E-state index contributed by atoms with van der Waals surface area (Å²) in [5, 5.41) is 0. The van der Waals surface area contributed by atoms with Crippen LogP contribution in [0.15, 0.2) is 48.5 Å². The van der Waals surface area contributed by atoms with E-state index in [1.165, 1.54) is 44.5 Å². The molecular formula is C24H20. The zero-order valence-corrected chi connectivity index (χ0v) is 14.6. The fraction of sp³-hybridized carbons (Fsp3) is 0.250. The van der Waals surface area contributed by atoms with Crippen LogP contribution in [0.1, 0.15) is 49.9 Å². The fourth-order valence-corrected chi connectivity index (χ4v) is 4.73. The normalized spacial score (nSPS) is 17.8. The Labute approximate surface area is 144 Å². The number of rotatable bonds is 0. The average molecular weight is 308 g/mol. The van der Waals surface area contributed by atoms with E-state index in [-0.39, 0.29) is 10.8 Å². The minimum atomic E-state index is 0.0330. The summed E-state index contributed by atoms with van der Waals surface area (Å²) in [6.45, 7) is 9.32. The van der Waals surface area contributed by atoms with Crippen molar-refractivity contribution in [3.63, 3.8) is 0 Å². The van der Waals surface area contributed by atoms with Gasteiger partial charge in [-0.05, 0) is 80.9 Å². The van der Waals surface area contributed by atoms with Crippen molar-refractivity contribution < 1.29 is 0 Å². The van der Waals surface area contributed by atoms with E-state index in [1.807, 2.05) is 12.1 Å². The van der Waals surface area contributed by atoms with Gasteiger partial charge in [0.25, 0.3) is 0 Å². The van der Waals surface area contributed by atoms with Crippen LogP contribution in [0.5, 0.6) is 0 Å². The molecule has 0 heterocycles. The van der Waals surface area contributed by atoms with Gasteiger partial charge in [-0.3, -0.25) is 0 Å². The molecule has 0 aromatic heterocycles. The van der Waals surface area contributed by atoms with Gasteiger partial charge in [-0.2, -0.15) is 0 Å². The summed E-state index contributed by atoms with van der Waals surface area (Å²) in [5.74, 6) is 0. The Bertz CT molecular complexity index is 919. The summed E-state index contributed by atoms with van der Waals surface area (Å²) in [4.78, 5) is 0. The molecule has 24 heavy (non-hydrogen) atoms. The molecule has 0 unspecified atom stereocenters. The molecule has 116 valence electrons. The van der Waals surface area contributed by atoms with Crippen LogP contribution in [0, 0.1) is 12.1 Å². The maximum absolute atomic E-state index is 3.27. The third-order valence-electron chi connectivity index (χ3n) is 6.16. The Hall–Kier alpha value is -2.34. The van der Waals surface area contributed by atoms with E-state index >= 15 is 0 Å². The number of hydrogen-bond acceptors (Lipinski definition) is 0. The lowest BCUT2D eigenvalue weighted by molar-refractivity contribution is 0.652. The van der Waals surface area contributed by atoms with E-state index in [2.05, 4.69) is 76.2 Å². The molecule has 5 rings (SSSR count). The Morgan fingerprint density at radius 1 is 0.583 bits per heavy atom. The summed E-state index contributed by atoms with van der Waals surface area (Å²) in [6, 6.07) is 24.3. The topological polar surface area (TPSA) is 0 Å². The third kappa shape index (κ3) is 1.50. The van der Waals surface area contributed by atoms with Gasteiger partial charge in [0.2, 0.25) is 0 Å². The van der Waals surface area contributed by atoms with Crippen LogP contribution in [0.25, 0.3) is 22.3 Å². The predicted octanol–water partition coefficient (Wildman–Crippen LogP) is 5.90. The van der Waals surface area contributed by atoms with Crippen LogP contribution in [0.3, 0.4) is 0 Å². The van der Waals surface area contributed by atoms with Gasteiger partial charge in [-0.15, -0.1) is 0 Å². The largest absolute Gasteiger partial charge is 0.0537 e. The molecule has 0 amide bonds. The molecule has 3 aromatic carbocycles. The number of fused-ring (bicyclic) bond motifs is 6. The van der Waals surface area contributed by atoms with E-state index < -0.39 is 0 Å². The van der Waals surface area contributed by atoms with Gasteiger partial charge in [-0.25, -0.2) is 0 Å². The van der Waals surface area contributed by atoms with Crippen LogP contribution in [-0.2, 0) is 10.8 Å². The Balaban J connectivity index is 1.88. The van der Waals surface area contributed by atoms with Crippen molar-refractivity contribution >= 4 is 0 Å². The molecular weight excluding hydrogens is 288 g/mol. The van der Waals surface area contributed by atoms with Crippen molar-refractivity contribution in [2.45, 2.75) is 38.5 Å². The lowest BCUT2D eigenvalue weighted by atomic mass is 9.79. The van der Waals surface area contributed by atoms with E-state index in [9.17, 15) is 0 Å². The molecule has 0 atom stereocenters. The van der Waals surface area contributed by atoms with Crippen LogP contribution in [0.2, 0.25) is 0 Å². The zero-order chi connectivity index (χ0) is 16.7.